The number of anilines is 2. The molecule has 0 saturated heterocycles. The van der Waals surface area contributed by atoms with E-state index >= 15 is 0 Å². The molecule has 0 amide bonds. The average molecular weight is 366 g/mol. The van der Waals surface area contributed by atoms with Gasteiger partial charge in [0.15, 0.2) is 5.82 Å². The molecule has 0 fully saturated rings. The Hall–Kier alpha value is -3.26. The quantitative estimate of drug-likeness (QED) is 0.548. The van der Waals surface area contributed by atoms with E-state index in [1.807, 2.05) is 18.2 Å². The molecule has 4 rings (SSSR count). The van der Waals surface area contributed by atoms with Crippen molar-refractivity contribution in [1.29, 1.82) is 0 Å². The maximum Gasteiger partial charge on any atom is 0.153 e. The SMILES string of the molecule is C[C@@H](O)Cn1ccc(Nc2cc3c(cn2)cnn3Cc2ccccc2F)n1. The minimum atomic E-state index is -0.472. The van der Waals surface area contributed by atoms with E-state index in [-0.39, 0.29) is 5.82 Å². The van der Waals surface area contributed by atoms with E-state index < -0.39 is 6.10 Å². The highest BCUT2D eigenvalue weighted by Crippen LogP contribution is 2.20. The van der Waals surface area contributed by atoms with Gasteiger partial charge in [0.2, 0.25) is 0 Å². The van der Waals surface area contributed by atoms with E-state index in [2.05, 4.69) is 20.5 Å². The predicted molar refractivity (Wildman–Crippen MR) is 100 cm³/mol. The van der Waals surface area contributed by atoms with E-state index in [0.29, 0.717) is 30.3 Å². The zero-order valence-corrected chi connectivity index (χ0v) is 14.7. The van der Waals surface area contributed by atoms with Crippen LogP contribution >= 0.6 is 0 Å². The summed E-state index contributed by atoms with van der Waals surface area (Å²) in [6, 6.07) is 10.3. The molecule has 0 radical (unpaired) electrons. The van der Waals surface area contributed by atoms with Gasteiger partial charge in [0.25, 0.3) is 0 Å². The minimum Gasteiger partial charge on any atom is -0.391 e. The number of hydrogen-bond donors (Lipinski definition) is 2. The Labute approximate surface area is 155 Å². The fourth-order valence-electron chi connectivity index (χ4n) is 2.89. The van der Waals surface area contributed by atoms with Crippen molar-refractivity contribution in [3.05, 3.63) is 66.4 Å². The van der Waals surface area contributed by atoms with Crippen LogP contribution in [0.5, 0.6) is 0 Å². The van der Waals surface area contributed by atoms with Crippen molar-refractivity contribution in [2.24, 2.45) is 0 Å². The number of aliphatic hydroxyl groups excluding tert-OH is 1. The summed E-state index contributed by atoms with van der Waals surface area (Å²) in [5.74, 6) is 0.986. The number of fused-ring (bicyclic) bond motifs is 1. The molecule has 3 heterocycles. The van der Waals surface area contributed by atoms with Crippen molar-refractivity contribution in [1.82, 2.24) is 24.5 Å². The molecule has 0 spiro atoms. The van der Waals surface area contributed by atoms with Crippen LogP contribution in [-0.2, 0) is 13.1 Å². The molecule has 4 aromatic rings. The molecule has 7 nitrogen and oxygen atoms in total. The molecule has 138 valence electrons. The summed E-state index contributed by atoms with van der Waals surface area (Å²) in [6.45, 7) is 2.47. The number of hydrogen-bond acceptors (Lipinski definition) is 5. The standard InChI is InChI=1S/C19H19FN6O/c1-13(27)11-25-7-6-18(24-25)23-19-8-17-15(9-21-19)10-22-26(17)12-14-4-2-3-5-16(14)20/h2-10,13,27H,11-12H2,1H3,(H,21,23,24)/t13-/m1/s1. The monoisotopic (exact) mass is 366 g/mol. The van der Waals surface area contributed by atoms with E-state index in [0.717, 1.165) is 10.9 Å². The lowest BCUT2D eigenvalue weighted by molar-refractivity contribution is 0.168. The number of aliphatic hydroxyl groups is 1. The number of nitrogens with zero attached hydrogens (tertiary/aromatic N) is 5. The van der Waals surface area contributed by atoms with Crippen LogP contribution in [0.25, 0.3) is 10.9 Å². The Morgan fingerprint density at radius 1 is 1.19 bits per heavy atom. The van der Waals surface area contributed by atoms with Gasteiger partial charge in [0.05, 0.1) is 30.9 Å². The normalized spacial score (nSPS) is 12.4. The first-order valence-electron chi connectivity index (χ1n) is 8.62. The molecule has 0 aliphatic rings. The molecule has 1 aromatic carbocycles. The van der Waals surface area contributed by atoms with Crippen LogP contribution < -0.4 is 5.32 Å². The second-order valence-electron chi connectivity index (χ2n) is 6.42. The van der Waals surface area contributed by atoms with Crippen LogP contribution in [0.4, 0.5) is 16.0 Å². The van der Waals surface area contributed by atoms with Gasteiger partial charge >= 0.3 is 0 Å². The fourth-order valence-corrected chi connectivity index (χ4v) is 2.89. The summed E-state index contributed by atoms with van der Waals surface area (Å²) < 4.78 is 17.4. The molecular formula is C19H19FN6O. The van der Waals surface area contributed by atoms with Crippen LogP contribution in [0.1, 0.15) is 12.5 Å². The summed E-state index contributed by atoms with van der Waals surface area (Å²) in [4.78, 5) is 4.37. The maximum absolute atomic E-state index is 13.9. The number of aromatic nitrogens is 5. The second kappa shape index (κ2) is 7.16. The first-order chi connectivity index (χ1) is 13.1. The Kier molecular flexibility index (Phi) is 4.55. The highest BCUT2D eigenvalue weighted by atomic mass is 19.1. The third kappa shape index (κ3) is 3.80. The molecule has 0 saturated carbocycles. The summed E-state index contributed by atoms with van der Waals surface area (Å²) in [6.07, 6.45) is 4.75. The Morgan fingerprint density at radius 2 is 2.04 bits per heavy atom. The van der Waals surface area contributed by atoms with Crippen LogP contribution in [-0.4, -0.2) is 35.8 Å². The highest BCUT2D eigenvalue weighted by Gasteiger charge is 2.09. The van der Waals surface area contributed by atoms with Crippen molar-refractivity contribution < 1.29 is 9.50 Å². The van der Waals surface area contributed by atoms with Gasteiger partial charge in [-0.2, -0.15) is 10.2 Å². The minimum absolute atomic E-state index is 0.253. The average Bonchev–Trinajstić information content (AvgIpc) is 3.23. The molecule has 1 atom stereocenters. The molecular weight excluding hydrogens is 347 g/mol. The first-order valence-corrected chi connectivity index (χ1v) is 8.62. The lowest BCUT2D eigenvalue weighted by Gasteiger charge is -2.07. The summed E-state index contributed by atoms with van der Waals surface area (Å²) >= 11 is 0. The van der Waals surface area contributed by atoms with Crippen molar-refractivity contribution >= 4 is 22.5 Å². The molecule has 8 heteroatoms. The number of pyridine rings is 1. The number of benzene rings is 1. The van der Waals surface area contributed by atoms with Gasteiger partial charge in [-0.3, -0.25) is 9.36 Å². The third-order valence-electron chi connectivity index (χ3n) is 4.15. The van der Waals surface area contributed by atoms with Crippen LogP contribution in [0.15, 0.2) is 55.0 Å². The van der Waals surface area contributed by atoms with Gasteiger partial charge in [-0.05, 0) is 13.0 Å². The second-order valence-corrected chi connectivity index (χ2v) is 6.42. The molecule has 3 aromatic heterocycles. The molecule has 0 aliphatic carbocycles. The van der Waals surface area contributed by atoms with Crippen LogP contribution in [0, 0.1) is 5.82 Å². The fraction of sp³-hybridized carbons (Fsp3) is 0.211. The van der Waals surface area contributed by atoms with Crippen molar-refractivity contribution in [3.8, 4) is 0 Å². The summed E-state index contributed by atoms with van der Waals surface area (Å²) in [5.41, 5.74) is 1.42. The molecule has 0 aliphatic heterocycles. The van der Waals surface area contributed by atoms with Gasteiger partial charge < -0.3 is 10.4 Å². The van der Waals surface area contributed by atoms with Crippen LogP contribution in [0.2, 0.25) is 0 Å². The smallest absolute Gasteiger partial charge is 0.153 e. The van der Waals surface area contributed by atoms with Crippen molar-refractivity contribution in [2.75, 3.05) is 5.32 Å². The first kappa shape index (κ1) is 17.2. The number of rotatable bonds is 6. The predicted octanol–water partition coefficient (Wildman–Crippen LogP) is 2.94. The topological polar surface area (TPSA) is 80.8 Å². The number of nitrogens with one attached hydrogen (secondary N) is 1. The molecule has 27 heavy (non-hydrogen) atoms. The van der Waals surface area contributed by atoms with Crippen LogP contribution in [0.3, 0.4) is 0 Å². The highest BCUT2D eigenvalue weighted by molar-refractivity contribution is 5.80. The van der Waals surface area contributed by atoms with Gasteiger partial charge in [-0.1, -0.05) is 18.2 Å². The lowest BCUT2D eigenvalue weighted by Crippen LogP contribution is -2.12. The lowest BCUT2D eigenvalue weighted by atomic mass is 10.2. The van der Waals surface area contributed by atoms with Crippen molar-refractivity contribution in [2.45, 2.75) is 26.1 Å². The van der Waals surface area contributed by atoms with E-state index in [9.17, 15) is 9.50 Å². The molecule has 0 bridgehead atoms. The van der Waals surface area contributed by atoms with E-state index in [1.54, 1.807) is 47.0 Å². The van der Waals surface area contributed by atoms with E-state index in [4.69, 9.17) is 0 Å². The third-order valence-corrected chi connectivity index (χ3v) is 4.15. The van der Waals surface area contributed by atoms with Gasteiger partial charge in [0, 0.05) is 35.5 Å². The van der Waals surface area contributed by atoms with Gasteiger partial charge in [-0.25, -0.2) is 9.37 Å². The number of halogens is 1. The molecule has 2 N–H and O–H groups in total. The van der Waals surface area contributed by atoms with Crippen molar-refractivity contribution in [3.63, 3.8) is 0 Å². The summed E-state index contributed by atoms with van der Waals surface area (Å²) in [7, 11) is 0. The van der Waals surface area contributed by atoms with Gasteiger partial charge in [0.1, 0.15) is 11.6 Å². The Bertz CT molecular complexity index is 1070. The Balaban J connectivity index is 1.58. The largest absolute Gasteiger partial charge is 0.391 e. The van der Waals surface area contributed by atoms with E-state index in [1.165, 1.54) is 6.07 Å². The summed E-state index contributed by atoms with van der Waals surface area (Å²) in [5, 5.41) is 22.2. The Morgan fingerprint density at radius 3 is 2.85 bits per heavy atom. The molecule has 0 unspecified atom stereocenters. The zero-order chi connectivity index (χ0) is 18.8. The zero-order valence-electron chi connectivity index (χ0n) is 14.7. The maximum atomic E-state index is 13.9. The van der Waals surface area contributed by atoms with Gasteiger partial charge in [-0.15, -0.1) is 0 Å².